The van der Waals surface area contributed by atoms with E-state index in [4.69, 9.17) is 0 Å². The number of halogens is 2. The van der Waals surface area contributed by atoms with Gasteiger partial charge in [0.15, 0.2) is 0 Å². The average Bonchev–Trinajstić information content (AvgIpc) is 2.28. The lowest BCUT2D eigenvalue weighted by atomic mass is 10.2. The summed E-state index contributed by atoms with van der Waals surface area (Å²) < 4.78 is 13.7. The van der Waals surface area contributed by atoms with E-state index in [9.17, 15) is 4.39 Å². The minimum Gasteiger partial charge on any atom is -0.312 e. The van der Waals surface area contributed by atoms with Gasteiger partial charge >= 0.3 is 0 Å². The third-order valence-corrected chi connectivity index (χ3v) is 3.58. The summed E-state index contributed by atoms with van der Waals surface area (Å²) in [4.78, 5) is 0. The van der Waals surface area contributed by atoms with Crippen molar-refractivity contribution in [2.45, 2.75) is 6.54 Å². The summed E-state index contributed by atoms with van der Waals surface area (Å²) in [5, 5.41) is 3.27. The van der Waals surface area contributed by atoms with Crippen molar-refractivity contribution < 1.29 is 4.39 Å². The molecule has 1 N–H and O–H groups in total. The summed E-state index contributed by atoms with van der Waals surface area (Å²) >= 11 is 4.96. The molecule has 0 spiro atoms. The molecular formula is C12H15BrFNS. The number of nitrogens with one attached hydrogen (secondary N) is 1. The van der Waals surface area contributed by atoms with Crippen molar-refractivity contribution >= 4 is 27.7 Å². The predicted octanol–water partition coefficient (Wildman–Crippen LogP) is 3.60. The van der Waals surface area contributed by atoms with Gasteiger partial charge in [0, 0.05) is 24.6 Å². The van der Waals surface area contributed by atoms with Crippen LogP contribution in [0, 0.1) is 5.82 Å². The van der Waals surface area contributed by atoms with E-state index in [1.165, 1.54) is 0 Å². The Hall–Kier alpha value is -0.320. The highest BCUT2D eigenvalue weighted by atomic mass is 79.9. The highest BCUT2D eigenvalue weighted by Gasteiger charge is 1.99. The van der Waals surface area contributed by atoms with Crippen LogP contribution in [0.3, 0.4) is 0 Å². The van der Waals surface area contributed by atoms with Crippen LogP contribution in [0.1, 0.15) is 5.56 Å². The van der Waals surface area contributed by atoms with Gasteiger partial charge in [0.2, 0.25) is 0 Å². The van der Waals surface area contributed by atoms with Gasteiger partial charge in [-0.1, -0.05) is 12.1 Å². The van der Waals surface area contributed by atoms with Crippen LogP contribution in [-0.2, 0) is 6.54 Å². The van der Waals surface area contributed by atoms with E-state index in [0.717, 1.165) is 23.6 Å². The van der Waals surface area contributed by atoms with Crippen LogP contribution in [0.4, 0.5) is 4.39 Å². The second-order valence-electron chi connectivity index (χ2n) is 3.29. The van der Waals surface area contributed by atoms with Crippen molar-refractivity contribution in [1.82, 2.24) is 5.32 Å². The smallest absolute Gasteiger partial charge is 0.137 e. The van der Waals surface area contributed by atoms with Crippen LogP contribution in [0.15, 0.2) is 35.3 Å². The molecule has 1 rings (SSSR count). The molecular weight excluding hydrogens is 289 g/mol. The molecule has 4 heteroatoms. The largest absolute Gasteiger partial charge is 0.312 e. The van der Waals surface area contributed by atoms with Gasteiger partial charge in [-0.15, -0.1) is 6.58 Å². The lowest BCUT2D eigenvalue weighted by Crippen LogP contribution is -2.16. The van der Waals surface area contributed by atoms with Gasteiger partial charge in [-0.3, -0.25) is 0 Å². The summed E-state index contributed by atoms with van der Waals surface area (Å²) in [5.74, 6) is 1.82. The Kier molecular flexibility index (Phi) is 6.76. The molecule has 88 valence electrons. The monoisotopic (exact) mass is 303 g/mol. The number of thioether (sulfide) groups is 1. The van der Waals surface area contributed by atoms with Crippen molar-refractivity contribution in [2.24, 2.45) is 0 Å². The summed E-state index contributed by atoms with van der Waals surface area (Å²) in [7, 11) is 0. The van der Waals surface area contributed by atoms with E-state index >= 15 is 0 Å². The standard InChI is InChI=1S/C12H15BrFNS/c1-2-6-16-7-5-15-9-10-3-4-11(13)12(14)8-10/h2-4,8,15H,1,5-7,9H2. The summed E-state index contributed by atoms with van der Waals surface area (Å²) in [6.07, 6.45) is 1.90. The SMILES string of the molecule is C=CCSCCNCc1ccc(Br)c(F)c1. The van der Waals surface area contributed by atoms with Crippen molar-refractivity contribution in [3.05, 3.63) is 46.7 Å². The summed E-state index contributed by atoms with van der Waals surface area (Å²) in [5.41, 5.74) is 0.967. The van der Waals surface area contributed by atoms with E-state index in [-0.39, 0.29) is 5.82 Å². The number of hydrogen-bond donors (Lipinski definition) is 1. The lowest BCUT2D eigenvalue weighted by molar-refractivity contribution is 0.615. The highest BCUT2D eigenvalue weighted by Crippen LogP contribution is 2.16. The molecule has 0 fully saturated rings. The highest BCUT2D eigenvalue weighted by molar-refractivity contribution is 9.10. The molecule has 0 aliphatic rings. The van der Waals surface area contributed by atoms with Gasteiger partial charge in [-0.25, -0.2) is 4.39 Å². The van der Waals surface area contributed by atoms with Gasteiger partial charge in [-0.2, -0.15) is 11.8 Å². The quantitative estimate of drug-likeness (QED) is 0.610. The van der Waals surface area contributed by atoms with Gasteiger partial charge in [0.05, 0.1) is 4.47 Å². The van der Waals surface area contributed by atoms with Crippen LogP contribution in [0.25, 0.3) is 0 Å². The molecule has 0 bridgehead atoms. The van der Waals surface area contributed by atoms with E-state index in [0.29, 0.717) is 11.0 Å². The molecule has 0 aliphatic carbocycles. The van der Waals surface area contributed by atoms with E-state index in [1.807, 2.05) is 23.9 Å². The normalized spacial score (nSPS) is 10.4. The van der Waals surface area contributed by atoms with E-state index < -0.39 is 0 Å². The topological polar surface area (TPSA) is 12.0 Å². The summed E-state index contributed by atoms with van der Waals surface area (Å²) in [6.45, 7) is 5.29. The van der Waals surface area contributed by atoms with E-state index in [2.05, 4.69) is 27.8 Å². The van der Waals surface area contributed by atoms with Gasteiger partial charge < -0.3 is 5.32 Å². The second kappa shape index (κ2) is 7.87. The fourth-order valence-corrected chi connectivity index (χ4v) is 2.06. The van der Waals surface area contributed by atoms with E-state index in [1.54, 1.807) is 12.1 Å². The molecule has 0 radical (unpaired) electrons. The molecule has 1 aromatic rings. The molecule has 0 amide bonds. The zero-order valence-corrected chi connectivity index (χ0v) is 11.4. The first-order chi connectivity index (χ1) is 7.74. The minimum absolute atomic E-state index is 0.208. The van der Waals surface area contributed by atoms with Crippen molar-refractivity contribution in [3.8, 4) is 0 Å². The summed E-state index contributed by atoms with van der Waals surface area (Å²) in [6, 6.07) is 5.20. The minimum atomic E-state index is -0.208. The van der Waals surface area contributed by atoms with Crippen molar-refractivity contribution in [2.75, 3.05) is 18.1 Å². The van der Waals surface area contributed by atoms with Crippen LogP contribution >= 0.6 is 27.7 Å². The maximum absolute atomic E-state index is 13.2. The van der Waals surface area contributed by atoms with Gasteiger partial charge in [-0.05, 0) is 33.6 Å². The molecule has 0 atom stereocenters. The zero-order chi connectivity index (χ0) is 11.8. The number of rotatable bonds is 7. The van der Waals surface area contributed by atoms with Gasteiger partial charge in [0.1, 0.15) is 5.82 Å². The molecule has 0 unspecified atom stereocenters. The molecule has 0 saturated carbocycles. The molecule has 0 aromatic heterocycles. The fourth-order valence-electron chi connectivity index (χ4n) is 1.19. The average molecular weight is 304 g/mol. The third kappa shape index (κ3) is 5.14. The predicted molar refractivity (Wildman–Crippen MR) is 73.3 cm³/mol. The lowest BCUT2D eigenvalue weighted by Gasteiger charge is -2.05. The fraction of sp³-hybridized carbons (Fsp3) is 0.333. The van der Waals surface area contributed by atoms with Crippen molar-refractivity contribution in [1.29, 1.82) is 0 Å². The van der Waals surface area contributed by atoms with Crippen LogP contribution < -0.4 is 5.32 Å². The first kappa shape index (κ1) is 13.7. The van der Waals surface area contributed by atoms with Crippen LogP contribution in [-0.4, -0.2) is 18.1 Å². The molecule has 1 nitrogen and oxygen atoms in total. The second-order valence-corrected chi connectivity index (χ2v) is 5.29. The number of hydrogen-bond acceptors (Lipinski definition) is 2. The molecule has 16 heavy (non-hydrogen) atoms. The number of benzene rings is 1. The Morgan fingerprint density at radius 3 is 3.00 bits per heavy atom. The Labute approximate surface area is 109 Å². The van der Waals surface area contributed by atoms with Crippen LogP contribution in [0.2, 0.25) is 0 Å². The maximum atomic E-state index is 13.2. The molecule has 0 heterocycles. The molecule has 0 aliphatic heterocycles. The zero-order valence-electron chi connectivity index (χ0n) is 9.01. The van der Waals surface area contributed by atoms with Gasteiger partial charge in [0.25, 0.3) is 0 Å². The molecule has 0 saturated heterocycles. The Bertz CT molecular complexity index is 344. The Morgan fingerprint density at radius 2 is 2.31 bits per heavy atom. The van der Waals surface area contributed by atoms with Crippen LogP contribution in [0.5, 0.6) is 0 Å². The Balaban J connectivity index is 2.21. The van der Waals surface area contributed by atoms with Crippen molar-refractivity contribution in [3.63, 3.8) is 0 Å². The first-order valence-corrected chi connectivity index (χ1v) is 7.02. The third-order valence-electron chi connectivity index (χ3n) is 1.97. The maximum Gasteiger partial charge on any atom is 0.137 e. The molecule has 1 aromatic carbocycles. The Morgan fingerprint density at radius 1 is 1.50 bits per heavy atom. The first-order valence-electron chi connectivity index (χ1n) is 5.07.